The lowest BCUT2D eigenvalue weighted by atomic mass is 9.89. The molecule has 3 aliphatic rings. The predicted octanol–water partition coefficient (Wildman–Crippen LogP) is 10.8. The maximum atomic E-state index is 2.63. The van der Waals surface area contributed by atoms with Crippen molar-refractivity contribution in [2.24, 2.45) is 23.7 Å². The third-order valence-electron chi connectivity index (χ3n) is 9.77. The molecule has 2 unspecified atom stereocenters. The van der Waals surface area contributed by atoms with Gasteiger partial charge in [0, 0.05) is 50.3 Å². The average Bonchev–Trinajstić information content (AvgIpc) is 3.43. The highest BCUT2D eigenvalue weighted by molar-refractivity contribution is 4.76. The largest absolute Gasteiger partial charge is 0.301 e. The van der Waals surface area contributed by atoms with Gasteiger partial charge in [-0.25, -0.2) is 0 Å². The third-order valence-corrected chi connectivity index (χ3v) is 9.77. The first-order valence-corrected chi connectivity index (χ1v) is 19.8. The molecule has 3 saturated heterocycles. The Morgan fingerprint density at radius 2 is 0.545 bits per heavy atom. The molecule has 3 heterocycles. The van der Waals surface area contributed by atoms with Crippen LogP contribution in [0.1, 0.15) is 163 Å². The molecule has 0 spiro atoms. The molecule has 3 aliphatic heterocycles. The molecule has 4 nitrogen and oxygen atoms in total. The molecular weight excluding hydrogens is 536 g/mol. The number of piperazine rings is 1. The van der Waals surface area contributed by atoms with Crippen LogP contribution >= 0.6 is 0 Å². The van der Waals surface area contributed by atoms with Crippen LogP contribution in [-0.2, 0) is 0 Å². The van der Waals surface area contributed by atoms with Crippen molar-refractivity contribution in [3.63, 3.8) is 0 Å². The second-order valence-electron chi connectivity index (χ2n) is 14.4. The third kappa shape index (κ3) is 22.4. The topological polar surface area (TPSA) is 13.0 Å². The molecule has 44 heavy (non-hydrogen) atoms. The zero-order chi connectivity index (χ0) is 34.8. The smallest absolute Gasteiger partial charge is 0.0113 e. The van der Waals surface area contributed by atoms with Crippen molar-refractivity contribution in [3.05, 3.63) is 0 Å². The summed E-state index contributed by atoms with van der Waals surface area (Å²) in [6.07, 6.45) is 8.52. The van der Waals surface area contributed by atoms with Crippen molar-refractivity contribution in [1.29, 1.82) is 0 Å². The minimum atomic E-state index is 0.722. The molecular formula is C40H90N4. The second-order valence-corrected chi connectivity index (χ2v) is 14.4. The molecule has 0 saturated carbocycles. The molecule has 0 radical (unpaired) electrons. The van der Waals surface area contributed by atoms with Crippen LogP contribution in [0.4, 0.5) is 0 Å². The van der Waals surface area contributed by atoms with Gasteiger partial charge in [-0.1, -0.05) is 69.2 Å². The minimum absolute atomic E-state index is 0.722. The monoisotopic (exact) mass is 627 g/mol. The Labute approximate surface area is 282 Å². The van der Waals surface area contributed by atoms with Crippen molar-refractivity contribution in [3.8, 4) is 0 Å². The summed E-state index contributed by atoms with van der Waals surface area (Å²) in [5, 5.41) is 0. The van der Waals surface area contributed by atoms with E-state index in [1.165, 1.54) is 90.9 Å². The molecule has 0 bridgehead atoms. The van der Waals surface area contributed by atoms with Crippen LogP contribution in [0.5, 0.6) is 0 Å². The summed E-state index contributed by atoms with van der Waals surface area (Å²) in [5.41, 5.74) is 0. The highest BCUT2D eigenvalue weighted by Gasteiger charge is 2.22. The minimum Gasteiger partial charge on any atom is -0.301 e. The summed E-state index contributed by atoms with van der Waals surface area (Å²) < 4.78 is 0. The molecule has 3 rings (SSSR count). The maximum absolute atomic E-state index is 2.63. The van der Waals surface area contributed by atoms with E-state index in [0.717, 1.165) is 47.8 Å². The second kappa shape index (κ2) is 30.2. The van der Waals surface area contributed by atoms with Crippen LogP contribution in [0.3, 0.4) is 0 Å². The van der Waals surface area contributed by atoms with E-state index in [1.807, 2.05) is 41.5 Å². The van der Waals surface area contributed by atoms with Crippen molar-refractivity contribution < 1.29 is 0 Å². The van der Waals surface area contributed by atoms with Crippen molar-refractivity contribution in [2.75, 3.05) is 52.4 Å². The highest BCUT2D eigenvalue weighted by Crippen LogP contribution is 2.26. The molecule has 0 aromatic rings. The molecule has 4 heteroatoms. The van der Waals surface area contributed by atoms with E-state index < -0.39 is 0 Å². The van der Waals surface area contributed by atoms with Gasteiger partial charge in [-0.3, -0.25) is 9.80 Å². The summed E-state index contributed by atoms with van der Waals surface area (Å²) in [6, 6.07) is 2.93. The Bertz CT molecular complexity index is 482. The fraction of sp³-hybridized carbons (Fsp3) is 1.00. The molecule has 2 atom stereocenters. The fourth-order valence-electron chi connectivity index (χ4n) is 6.43. The summed E-state index contributed by atoms with van der Waals surface area (Å²) in [5.74, 6) is 3.71. The Morgan fingerprint density at radius 3 is 0.750 bits per heavy atom. The first-order valence-electron chi connectivity index (χ1n) is 19.8. The standard InChI is InChI=1S/2C12H25N.C10H22N2.3C2H6/c2*1-10(2)12-6-5-8-13(9-7-12)11(3)4;1-9(2)11-5-7-12(8-6-11)10(3)4;3*1-2/h2*10-12H,5-9H2,1-4H3;9-10H,5-8H2,1-4H3;3*1-2H3. The van der Waals surface area contributed by atoms with E-state index in [9.17, 15) is 0 Å². The normalized spacial score (nSPS) is 22.4. The van der Waals surface area contributed by atoms with Crippen LogP contribution in [0.15, 0.2) is 0 Å². The van der Waals surface area contributed by atoms with Crippen LogP contribution in [0.2, 0.25) is 0 Å². The number of likely N-dealkylation sites (tertiary alicyclic amines) is 2. The van der Waals surface area contributed by atoms with Gasteiger partial charge in [0.1, 0.15) is 0 Å². The van der Waals surface area contributed by atoms with Gasteiger partial charge < -0.3 is 9.80 Å². The maximum Gasteiger partial charge on any atom is 0.0113 e. The highest BCUT2D eigenvalue weighted by atomic mass is 15.3. The Morgan fingerprint density at radius 1 is 0.318 bits per heavy atom. The first-order chi connectivity index (χ1) is 20.8. The first kappa shape index (κ1) is 48.2. The van der Waals surface area contributed by atoms with Gasteiger partial charge in [0.05, 0.1) is 0 Å². The number of nitrogens with zero attached hydrogens (tertiary/aromatic N) is 4. The van der Waals surface area contributed by atoms with E-state index >= 15 is 0 Å². The van der Waals surface area contributed by atoms with Crippen LogP contribution in [0, 0.1) is 23.7 Å². The Balaban J connectivity index is -0.000000527. The number of hydrogen-bond acceptors (Lipinski definition) is 4. The van der Waals surface area contributed by atoms with E-state index in [-0.39, 0.29) is 0 Å². The summed E-state index contributed by atoms with van der Waals surface area (Å²) in [7, 11) is 0. The van der Waals surface area contributed by atoms with Gasteiger partial charge in [-0.2, -0.15) is 0 Å². The Kier molecular flexibility index (Phi) is 33.1. The van der Waals surface area contributed by atoms with Gasteiger partial charge in [0.25, 0.3) is 0 Å². The quantitative estimate of drug-likeness (QED) is 0.291. The SMILES string of the molecule is CC.CC.CC.CC(C)C1CCCN(C(C)C)CC1.CC(C)C1CCCN(C(C)C)CC1.CC(C)N1CCN(C(C)C)CC1. The lowest BCUT2D eigenvalue weighted by Gasteiger charge is -2.38. The Hall–Kier alpha value is -0.160. The van der Waals surface area contributed by atoms with Crippen LogP contribution in [-0.4, -0.2) is 96.1 Å². The van der Waals surface area contributed by atoms with Crippen molar-refractivity contribution in [1.82, 2.24) is 19.6 Å². The predicted molar refractivity (Wildman–Crippen MR) is 205 cm³/mol. The fourth-order valence-corrected chi connectivity index (χ4v) is 6.43. The zero-order valence-electron chi connectivity index (χ0n) is 34.3. The van der Waals surface area contributed by atoms with E-state index in [4.69, 9.17) is 0 Å². The van der Waals surface area contributed by atoms with E-state index in [2.05, 4.69) is 103 Å². The summed E-state index contributed by atoms with van der Waals surface area (Å²) in [4.78, 5) is 10.4. The molecule has 270 valence electrons. The lowest BCUT2D eigenvalue weighted by Crippen LogP contribution is -2.50. The van der Waals surface area contributed by atoms with Crippen LogP contribution in [0.25, 0.3) is 0 Å². The molecule has 3 fully saturated rings. The van der Waals surface area contributed by atoms with Crippen molar-refractivity contribution in [2.45, 2.75) is 187 Å². The average molecular weight is 627 g/mol. The van der Waals surface area contributed by atoms with Crippen LogP contribution < -0.4 is 0 Å². The number of hydrogen-bond donors (Lipinski definition) is 0. The zero-order valence-corrected chi connectivity index (χ0v) is 34.3. The van der Waals surface area contributed by atoms with Gasteiger partial charge >= 0.3 is 0 Å². The van der Waals surface area contributed by atoms with Gasteiger partial charge in [-0.15, -0.1) is 0 Å². The summed E-state index contributed by atoms with van der Waals surface area (Å²) in [6.45, 7) is 50.1. The molecule has 0 amide bonds. The van der Waals surface area contributed by atoms with E-state index in [0.29, 0.717) is 0 Å². The summed E-state index contributed by atoms with van der Waals surface area (Å²) >= 11 is 0. The molecule has 0 aliphatic carbocycles. The van der Waals surface area contributed by atoms with E-state index in [1.54, 1.807) is 0 Å². The van der Waals surface area contributed by atoms with Gasteiger partial charge in [0.2, 0.25) is 0 Å². The lowest BCUT2D eigenvalue weighted by molar-refractivity contribution is 0.0887. The van der Waals surface area contributed by atoms with Crippen molar-refractivity contribution >= 4 is 0 Å². The molecule has 0 aromatic heterocycles. The molecule has 0 aromatic carbocycles. The van der Waals surface area contributed by atoms with Gasteiger partial charge in [0.15, 0.2) is 0 Å². The number of rotatable bonds is 6. The molecule has 0 N–H and O–H groups in total. The van der Waals surface area contributed by atoms with Gasteiger partial charge in [-0.05, 0) is 144 Å².